The van der Waals surface area contributed by atoms with Gasteiger partial charge < -0.3 is 10.2 Å². The van der Waals surface area contributed by atoms with Gasteiger partial charge in [-0.1, -0.05) is 33.7 Å². The Morgan fingerprint density at radius 1 is 1.03 bits per heavy atom. The average Bonchev–Trinajstić information content (AvgIpc) is 2.69. The number of halogens is 2. The van der Waals surface area contributed by atoms with E-state index in [1.807, 2.05) is 0 Å². The van der Waals surface area contributed by atoms with E-state index in [0.29, 0.717) is 4.47 Å². The van der Waals surface area contributed by atoms with Gasteiger partial charge in [0.15, 0.2) is 0 Å². The van der Waals surface area contributed by atoms with Crippen molar-refractivity contribution in [1.82, 2.24) is 9.37 Å². The highest BCUT2D eigenvalue weighted by atomic mass is 35.5. The van der Waals surface area contributed by atoms with Crippen LogP contribution in [0.2, 0.25) is 10.0 Å². The van der Waals surface area contributed by atoms with Crippen LogP contribution in [-0.4, -0.2) is 57.4 Å². The molecule has 0 radical (unpaired) electrons. The Morgan fingerprint density at radius 3 is 2.10 bits per heavy atom. The van der Waals surface area contributed by atoms with E-state index in [9.17, 15) is 18.0 Å². The van der Waals surface area contributed by atoms with Crippen molar-refractivity contribution in [3.8, 4) is 0 Å². The first-order valence-electron chi connectivity index (χ1n) is 8.20. The molecule has 0 spiro atoms. The largest absolute Gasteiger partial charge is 0.332 e. The zero-order valence-corrected chi connectivity index (χ0v) is 18.2. The van der Waals surface area contributed by atoms with Gasteiger partial charge in [-0.15, -0.1) is 0 Å². The molecule has 0 fully saturated rings. The average molecular weight is 460 g/mol. The number of rotatable bonds is 7. The molecule has 0 heterocycles. The number of hydrogen-bond acceptors (Lipinski definition) is 5. The maximum Gasteiger partial charge on any atom is 0.264 e. The Kier molecular flexibility index (Phi) is 7.61. The molecule has 0 aromatic heterocycles. The summed E-state index contributed by atoms with van der Waals surface area (Å²) >= 11 is 12.0. The Bertz CT molecular complexity index is 992. The number of nitrogens with one attached hydrogen (secondary N) is 1. The number of nitrogens with zero attached hydrogens (tertiary/aromatic N) is 2. The molecular formula is C18H19Cl2N3O5S. The molecule has 0 bridgehead atoms. The number of hydrogen-bond donors (Lipinski definition) is 1. The quantitative estimate of drug-likeness (QED) is 0.642. The minimum Gasteiger partial charge on any atom is -0.332 e. The summed E-state index contributed by atoms with van der Waals surface area (Å²) in [6.45, 7) is -0.257. The third-order valence-electron chi connectivity index (χ3n) is 3.95. The van der Waals surface area contributed by atoms with E-state index in [0.717, 1.165) is 0 Å². The van der Waals surface area contributed by atoms with Gasteiger partial charge >= 0.3 is 0 Å². The summed E-state index contributed by atoms with van der Waals surface area (Å²) in [6, 6.07) is 10.1. The fourth-order valence-electron chi connectivity index (χ4n) is 2.32. The van der Waals surface area contributed by atoms with E-state index < -0.39 is 21.8 Å². The van der Waals surface area contributed by atoms with E-state index in [1.165, 1.54) is 50.4 Å². The van der Waals surface area contributed by atoms with Crippen LogP contribution in [-0.2, 0) is 19.7 Å². The Balaban J connectivity index is 2.07. The molecule has 11 heteroatoms. The standard InChI is InChI=1S/C18H19Cl2N3O5S/c1-22(11-16(24)21-17-14(19)5-4-6-15(17)20)18(25)12-7-9-13(10-8-12)29(26,27)23(2)28-3/h4-10H,11H2,1-3H3,(H,21,24). The number of amides is 2. The van der Waals surface area contributed by atoms with E-state index in [-0.39, 0.29) is 32.7 Å². The van der Waals surface area contributed by atoms with Gasteiger partial charge in [0.2, 0.25) is 5.91 Å². The highest BCUT2D eigenvalue weighted by Crippen LogP contribution is 2.29. The van der Waals surface area contributed by atoms with Crippen LogP contribution in [0.4, 0.5) is 5.69 Å². The van der Waals surface area contributed by atoms with Crippen molar-refractivity contribution in [1.29, 1.82) is 0 Å². The van der Waals surface area contributed by atoms with Gasteiger partial charge in [0, 0.05) is 19.7 Å². The van der Waals surface area contributed by atoms with Crippen LogP contribution in [0.1, 0.15) is 10.4 Å². The number of hydroxylamine groups is 1. The maximum absolute atomic E-state index is 12.5. The second-order valence-corrected chi connectivity index (χ2v) is 8.68. The molecule has 0 saturated heterocycles. The first-order chi connectivity index (χ1) is 13.6. The molecule has 0 atom stereocenters. The van der Waals surface area contributed by atoms with E-state index in [4.69, 9.17) is 28.0 Å². The number of para-hydroxylation sites is 1. The highest BCUT2D eigenvalue weighted by molar-refractivity contribution is 7.89. The first-order valence-corrected chi connectivity index (χ1v) is 10.4. The number of carbonyl (C=O) groups is 2. The Labute approximate surface area is 179 Å². The number of anilines is 1. The molecule has 0 unspecified atom stereocenters. The van der Waals surface area contributed by atoms with Crippen molar-refractivity contribution in [3.63, 3.8) is 0 Å². The molecule has 2 aromatic carbocycles. The van der Waals surface area contributed by atoms with Crippen molar-refractivity contribution in [2.24, 2.45) is 0 Å². The molecule has 8 nitrogen and oxygen atoms in total. The second-order valence-electron chi connectivity index (χ2n) is 5.93. The van der Waals surface area contributed by atoms with Crippen molar-refractivity contribution >= 4 is 50.7 Å². The van der Waals surface area contributed by atoms with Crippen molar-refractivity contribution in [3.05, 3.63) is 58.1 Å². The third kappa shape index (κ3) is 5.46. The van der Waals surface area contributed by atoms with Crippen LogP contribution < -0.4 is 5.32 Å². The zero-order chi connectivity index (χ0) is 21.8. The summed E-state index contributed by atoms with van der Waals surface area (Å²) in [5, 5.41) is 3.12. The third-order valence-corrected chi connectivity index (χ3v) is 6.27. The van der Waals surface area contributed by atoms with E-state index >= 15 is 0 Å². The lowest BCUT2D eigenvalue weighted by atomic mass is 10.2. The van der Waals surface area contributed by atoms with Crippen molar-refractivity contribution < 1.29 is 22.8 Å². The SMILES string of the molecule is CON(C)S(=O)(=O)c1ccc(C(=O)N(C)CC(=O)Nc2c(Cl)cccc2Cl)cc1. The molecule has 1 N–H and O–H groups in total. The van der Waals surface area contributed by atoms with Crippen LogP contribution in [0, 0.1) is 0 Å². The summed E-state index contributed by atoms with van der Waals surface area (Å²) in [6.07, 6.45) is 0. The van der Waals surface area contributed by atoms with Gasteiger partial charge in [0.25, 0.3) is 15.9 Å². The van der Waals surface area contributed by atoms with Crippen molar-refractivity contribution in [2.75, 3.05) is 33.1 Å². The topological polar surface area (TPSA) is 96.0 Å². The first kappa shape index (κ1) is 23.1. The van der Waals surface area contributed by atoms with Crippen LogP contribution >= 0.6 is 23.2 Å². The lowest BCUT2D eigenvalue weighted by molar-refractivity contribution is -0.116. The van der Waals surface area contributed by atoms with Gasteiger partial charge in [0.05, 0.1) is 34.3 Å². The monoisotopic (exact) mass is 459 g/mol. The summed E-state index contributed by atoms with van der Waals surface area (Å²) < 4.78 is 25.1. The smallest absolute Gasteiger partial charge is 0.264 e. The predicted molar refractivity (Wildman–Crippen MR) is 110 cm³/mol. The molecule has 0 saturated carbocycles. The molecule has 0 aliphatic carbocycles. The minimum absolute atomic E-state index is 0.0350. The summed E-state index contributed by atoms with van der Waals surface area (Å²) in [7, 11) is 0.111. The second kappa shape index (κ2) is 9.55. The lowest BCUT2D eigenvalue weighted by Crippen LogP contribution is -2.35. The lowest BCUT2D eigenvalue weighted by Gasteiger charge is -2.18. The van der Waals surface area contributed by atoms with Gasteiger partial charge in [-0.3, -0.25) is 14.4 Å². The summed E-state index contributed by atoms with van der Waals surface area (Å²) in [5.41, 5.74) is 0.480. The van der Waals surface area contributed by atoms with Gasteiger partial charge in [-0.25, -0.2) is 8.42 Å². The van der Waals surface area contributed by atoms with Crippen LogP contribution in [0.15, 0.2) is 47.4 Å². The molecule has 29 heavy (non-hydrogen) atoms. The van der Waals surface area contributed by atoms with Crippen LogP contribution in [0.5, 0.6) is 0 Å². The molecule has 156 valence electrons. The van der Waals surface area contributed by atoms with E-state index in [2.05, 4.69) is 5.32 Å². The molecule has 2 rings (SSSR count). The normalized spacial score (nSPS) is 11.4. The number of carbonyl (C=O) groups excluding carboxylic acids is 2. The summed E-state index contributed by atoms with van der Waals surface area (Å²) in [4.78, 5) is 30.6. The number of likely N-dealkylation sites (N-methyl/N-ethyl adjacent to an activating group) is 1. The molecular weight excluding hydrogens is 441 g/mol. The Hall–Kier alpha value is -2.17. The zero-order valence-electron chi connectivity index (χ0n) is 15.8. The number of sulfonamides is 1. The van der Waals surface area contributed by atoms with Crippen LogP contribution in [0.25, 0.3) is 0 Å². The molecule has 2 amide bonds. The summed E-state index contributed by atoms with van der Waals surface area (Å²) in [5.74, 6) is -0.953. The van der Waals surface area contributed by atoms with Crippen molar-refractivity contribution in [2.45, 2.75) is 4.90 Å². The molecule has 0 aliphatic rings. The van der Waals surface area contributed by atoms with Gasteiger partial charge in [0.1, 0.15) is 0 Å². The highest BCUT2D eigenvalue weighted by Gasteiger charge is 2.22. The van der Waals surface area contributed by atoms with Crippen LogP contribution in [0.3, 0.4) is 0 Å². The minimum atomic E-state index is -3.82. The fourth-order valence-corrected chi connectivity index (χ4v) is 3.78. The van der Waals surface area contributed by atoms with Gasteiger partial charge in [-0.2, -0.15) is 0 Å². The Morgan fingerprint density at radius 2 is 1.59 bits per heavy atom. The fraction of sp³-hybridized carbons (Fsp3) is 0.222. The molecule has 2 aromatic rings. The van der Waals surface area contributed by atoms with E-state index in [1.54, 1.807) is 18.2 Å². The maximum atomic E-state index is 12.5. The predicted octanol–water partition coefficient (Wildman–Crippen LogP) is 2.89. The number of benzene rings is 2. The van der Waals surface area contributed by atoms with Gasteiger partial charge in [-0.05, 0) is 36.4 Å². The molecule has 0 aliphatic heterocycles.